The van der Waals surface area contributed by atoms with Gasteiger partial charge in [0, 0.05) is 24.0 Å². The van der Waals surface area contributed by atoms with Crippen molar-refractivity contribution < 1.29 is 14.6 Å². The molecule has 3 heterocycles. The molecule has 0 amide bonds. The predicted octanol–water partition coefficient (Wildman–Crippen LogP) is 3.37. The van der Waals surface area contributed by atoms with Gasteiger partial charge in [0.2, 0.25) is 0 Å². The van der Waals surface area contributed by atoms with Crippen LogP contribution >= 0.6 is 11.3 Å². The summed E-state index contributed by atoms with van der Waals surface area (Å²) in [4.78, 5) is 12.3. The normalized spacial score (nSPS) is 15.4. The van der Waals surface area contributed by atoms with E-state index in [1.54, 1.807) is 25.2 Å². The molecule has 8 nitrogen and oxygen atoms in total. The van der Waals surface area contributed by atoms with Crippen molar-refractivity contribution in [3.05, 3.63) is 28.8 Å². The second-order valence-corrected chi connectivity index (χ2v) is 8.34. The van der Waals surface area contributed by atoms with Crippen LogP contribution in [0.5, 0.6) is 6.01 Å². The van der Waals surface area contributed by atoms with Crippen molar-refractivity contribution in [1.82, 2.24) is 9.97 Å². The molecule has 1 aliphatic heterocycles. The zero-order valence-corrected chi connectivity index (χ0v) is 17.4. The molecular weight excluding hydrogens is 378 g/mol. The number of nitrogens with zero attached hydrogens (tertiary/aromatic N) is 5. The van der Waals surface area contributed by atoms with E-state index in [0.29, 0.717) is 19.8 Å². The standard InChI is InChI=1S/C19H27N5O3S/c1-4-15-5-6-17(28-15)23-20-12-14-11-16(24-7-9-26-10-8-24)22-18(21-14)27-13-19(2,3)25/h5-6,11,25H,4,7-10,12-13H2,1-3H3. The van der Waals surface area contributed by atoms with Gasteiger partial charge in [-0.2, -0.15) is 15.1 Å². The van der Waals surface area contributed by atoms with E-state index < -0.39 is 5.60 Å². The van der Waals surface area contributed by atoms with Crippen LogP contribution in [0.4, 0.5) is 10.8 Å². The van der Waals surface area contributed by atoms with Crippen LogP contribution in [-0.2, 0) is 17.7 Å². The predicted molar refractivity (Wildman–Crippen MR) is 109 cm³/mol. The minimum absolute atomic E-state index is 0.107. The van der Waals surface area contributed by atoms with Crippen molar-refractivity contribution in [2.75, 3.05) is 37.8 Å². The number of azo groups is 1. The zero-order chi connectivity index (χ0) is 20.0. The molecule has 1 aliphatic rings. The molecule has 28 heavy (non-hydrogen) atoms. The molecule has 2 aromatic heterocycles. The van der Waals surface area contributed by atoms with Crippen LogP contribution in [-0.4, -0.2) is 53.6 Å². The highest BCUT2D eigenvalue weighted by atomic mass is 32.1. The van der Waals surface area contributed by atoms with Crippen LogP contribution in [0.1, 0.15) is 31.3 Å². The Morgan fingerprint density at radius 3 is 2.75 bits per heavy atom. The number of aryl methyl sites for hydroxylation is 1. The number of hydrogen-bond acceptors (Lipinski definition) is 9. The number of morpholine rings is 1. The fraction of sp³-hybridized carbons (Fsp3) is 0.579. The van der Waals surface area contributed by atoms with E-state index in [-0.39, 0.29) is 12.6 Å². The van der Waals surface area contributed by atoms with Gasteiger partial charge in [-0.05, 0) is 32.4 Å². The summed E-state index contributed by atoms with van der Waals surface area (Å²) in [5, 5.41) is 19.4. The van der Waals surface area contributed by atoms with E-state index in [4.69, 9.17) is 9.47 Å². The third-order valence-electron chi connectivity index (χ3n) is 4.03. The third kappa shape index (κ3) is 6.22. The Bertz CT molecular complexity index is 797. The average molecular weight is 406 g/mol. The molecular formula is C19H27N5O3S. The third-order valence-corrected chi connectivity index (χ3v) is 5.15. The minimum atomic E-state index is -0.964. The SMILES string of the molecule is CCc1ccc(N=NCc2cc(N3CCOCC3)nc(OCC(C)(C)O)n2)s1. The van der Waals surface area contributed by atoms with E-state index >= 15 is 0 Å². The number of aliphatic hydroxyl groups is 1. The Labute approximate surface area is 169 Å². The highest BCUT2D eigenvalue weighted by molar-refractivity contribution is 7.15. The summed E-state index contributed by atoms with van der Waals surface area (Å²) >= 11 is 1.64. The second-order valence-electron chi connectivity index (χ2n) is 7.19. The molecule has 2 aromatic rings. The first kappa shape index (κ1) is 20.6. The maximum absolute atomic E-state index is 9.92. The Morgan fingerprint density at radius 2 is 2.07 bits per heavy atom. The maximum atomic E-state index is 9.92. The molecule has 0 unspecified atom stereocenters. The summed E-state index contributed by atoms with van der Waals surface area (Å²) in [5.74, 6) is 0.777. The van der Waals surface area contributed by atoms with Gasteiger partial charge < -0.3 is 19.5 Å². The van der Waals surface area contributed by atoms with Gasteiger partial charge in [0.1, 0.15) is 24.0 Å². The van der Waals surface area contributed by atoms with Crippen molar-refractivity contribution in [1.29, 1.82) is 0 Å². The number of rotatable bonds is 8. The molecule has 0 radical (unpaired) electrons. The lowest BCUT2D eigenvalue weighted by molar-refractivity contribution is 0.0249. The number of aromatic nitrogens is 2. The second kappa shape index (κ2) is 9.40. The molecule has 1 saturated heterocycles. The topological polar surface area (TPSA) is 92.4 Å². The van der Waals surface area contributed by atoms with Crippen molar-refractivity contribution in [3.63, 3.8) is 0 Å². The Morgan fingerprint density at radius 1 is 1.29 bits per heavy atom. The van der Waals surface area contributed by atoms with Gasteiger partial charge in [-0.25, -0.2) is 0 Å². The first-order valence-electron chi connectivity index (χ1n) is 9.45. The van der Waals surface area contributed by atoms with Crippen molar-refractivity contribution in [2.24, 2.45) is 10.2 Å². The van der Waals surface area contributed by atoms with Crippen LogP contribution in [0.3, 0.4) is 0 Å². The summed E-state index contributed by atoms with van der Waals surface area (Å²) in [6.07, 6.45) is 0.997. The number of hydrogen-bond donors (Lipinski definition) is 1. The summed E-state index contributed by atoms with van der Waals surface area (Å²) < 4.78 is 11.0. The van der Waals surface area contributed by atoms with E-state index in [1.807, 2.05) is 12.1 Å². The molecule has 1 fully saturated rings. The molecule has 9 heteroatoms. The van der Waals surface area contributed by atoms with Crippen LogP contribution in [0.15, 0.2) is 28.4 Å². The summed E-state index contributed by atoms with van der Waals surface area (Å²) in [6.45, 7) is 8.77. The molecule has 0 bridgehead atoms. The maximum Gasteiger partial charge on any atom is 0.318 e. The number of thiophene rings is 1. The molecule has 0 aromatic carbocycles. The fourth-order valence-electron chi connectivity index (χ4n) is 2.59. The molecule has 152 valence electrons. The van der Waals surface area contributed by atoms with Crippen LogP contribution < -0.4 is 9.64 Å². The van der Waals surface area contributed by atoms with E-state index in [2.05, 4.69) is 38.1 Å². The fourth-order valence-corrected chi connectivity index (χ4v) is 3.37. The molecule has 0 spiro atoms. The van der Waals surface area contributed by atoms with E-state index in [1.165, 1.54) is 4.88 Å². The van der Waals surface area contributed by atoms with Gasteiger partial charge in [0.15, 0.2) is 0 Å². The number of anilines is 1. The van der Waals surface area contributed by atoms with Crippen molar-refractivity contribution in [2.45, 2.75) is 39.3 Å². The van der Waals surface area contributed by atoms with Gasteiger partial charge in [-0.3, -0.25) is 0 Å². The number of ether oxygens (including phenoxy) is 2. The van der Waals surface area contributed by atoms with Gasteiger partial charge in [-0.15, -0.1) is 16.5 Å². The molecule has 3 rings (SSSR count). The van der Waals surface area contributed by atoms with Gasteiger partial charge in [0.25, 0.3) is 0 Å². The molecule has 0 saturated carbocycles. The van der Waals surface area contributed by atoms with Gasteiger partial charge >= 0.3 is 6.01 Å². The Kier molecular flexibility index (Phi) is 6.93. The molecule has 0 aliphatic carbocycles. The summed E-state index contributed by atoms with van der Waals surface area (Å²) in [6, 6.07) is 6.20. The van der Waals surface area contributed by atoms with Crippen LogP contribution in [0.25, 0.3) is 0 Å². The van der Waals surface area contributed by atoms with Crippen LogP contribution in [0.2, 0.25) is 0 Å². The first-order chi connectivity index (χ1) is 13.4. The lowest BCUT2D eigenvalue weighted by atomic mass is 10.2. The largest absolute Gasteiger partial charge is 0.460 e. The molecule has 0 atom stereocenters. The van der Waals surface area contributed by atoms with Gasteiger partial charge in [-0.1, -0.05) is 6.92 Å². The zero-order valence-electron chi connectivity index (χ0n) is 16.6. The highest BCUT2D eigenvalue weighted by Crippen LogP contribution is 2.26. The van der Waals surface area contributed by atoms with Gasteiger partial charge in [0.05, 0.1) is 24.5 Å². The van der Waals surface area contributed by atoms with E-state index in [9.17, 15) is 5.11 Å². The quantitative estimate of drug-likeness (QED) is 0.677. The first-order valence-corrected chi connectivity index (χ1v) is 10.3. The lowest BCUT2D eigenvalue weighted by Crippen LogP contribution is -2.37. The Hall–Kier alpha value is -2.10. The van der Waals surface area contributed by atoms with Crippen molar-refractivity contribution in [3.8, 4) is 6.01 Å². The minimum Gasteiger partial charge on any atom is -0.460 e. The van der Waals surface area contributed by atoms with Crippen LogP contribution in [0, 0.1) is 0 Å². The highest BCUT2D eigenvalue weighted by Gasteiger charge is 2.18. The lowest BCUT2D eigenvalue weighted by Gasteiger charge is -2.28. The van der Waals surface area contributed by atoms with E-state index in [0.717, 1.165) is 36.0 Å². The average Bonchev–Trinajstić information content (AvgIpc) is 3.14. The summed E-state index contributed by atoms with van der Waals surface area (Å²) in [5.41, 5.74) is -0.243. The summed E-state index contributed by atoms with van der Waals surface area (Å²) in [7, 11) is 0. The monoisotopic (exact) mass is 405 g/mol. The van der Waals surface area contributed by atoms with Crippen molar-refractivity contribution >= 4 is 22.2 Å². The molecule has 1 N–H and O–H groups in total. The smallest absolute Gasteiger partial charge is 0.318 e. The Balaban J connectivity index is 1.75.